The van der Waals surface area contributed by atoms with Crippen LogP contribution in [0.2, 0.25) is 0 Å². The summed E-state index contributed by atoms with van der Waals surface area (Å²) in [5.41, 5.74) is 1.99. The summed E-state index contributed by atoms with van der Waals surface area (Å²) in [6, 6.07) is 2.03. The monoisotopic (exact) mass is 274 g/mol. The van der Waals surface area contributed by atoms with Gasteiger partial charge >= 0.3 is 0 Å². The summed E-state index contributed by atoms with van der Waals surface area (Å²) in [5.74, 6) is 1.41. The number of hydrogen-bond donors (Lipinski definition) is 1. The van der Waals surface area contributed by atoms with Crippen LogP contribution in [0.1, 0.15) is 35.2 Å². The van der Waals surface area contributed by atoms with Gasteiger partial charge < -0.3 is 5.32 Å². The fourth-order valence-corrected chi connectivity index (χ4v) is 3.15. The van der Waals surface area contributed by atoms with Crippen LogP contribution >= 0.6 is 11.3 Å². The quantitative estimate of drug-likeness (QED) is 0.914. The lowest BCUT2D eigenvalue weighted by atomic mass is 9.98. The van der Waals surface area contributed by atoms with Crippen molar-refractivity contribution in [2.75, 3.05) is 13.1 Å². The zero-order chi connectivity index (χ0) is 13.2. The first-order valence-electron chi connectivity index (χ1n) is 6.71. The predicted octanol–water partition coefficient (Wildman–Crippen LogP) is 2.68. The molecule has 3 rings (SSSR count). The molecule has 0 saturated carbocycles. The third-order valence-electron chi connectivity index (χ3n) is 3.37. The molecular formula is C14H18N4S. The molecule has 1 N–H and O–H groups in total. The number of rotatable bonds is 2. The lowest BCUT2D eigenvalue weighted by Crippen LogP contribution is -2.29. The molecule has 0 bridgehead atoms. The van der Waals surface area contributed by atoms with Crippen LogP contribution in [0.4, 0.5) is 0 Å². The Kier molecular flexibility index (Phi) is 3.57. The summed E-state index contributed by atoms with van der Waals surface area (Å²) in [5, 5.41) is 4.42. The van der Waals surface area contributed by atoms with Crippen molar-refractivity contribution in [3.8, 4) is 10.7 Å². The third-order valence-corrected chi connectivity index (χ3v) is 4.31. The van der Waals surface area contributed by atoms with Crippen molar-refractivity contribution in [3.63, 3.8) is 0 Å². The van der Waals surface area contributed by atoms with E-state index in [0.29, 0.717) is 5.92 Å². The van der Waals surface area contributed by atoms with E-state index in [1.807, 2.05) is 19.2 Å². The van der Waals surface area contributed by atoms with E-state index in [1.165, 1.54) is 17.7 Å². The van der Waals surface area contributed by atoms with Crippen LogP contribution in [0.15, 0.2) is 12.3 Å². The van der Waals surface area contributed by atoms with Gasteiger partial charge in [0.15, 0.2) is 0 Å². The van der Waals surface area contributed by atoms with E-state index in [-0.39, 0.29) is 0 Å². The van der Waals surface area contributed by atoms with Gasteiger partial charge in [-0.05, 0) is 39.3 Å². The Morgan fingerprint density at radius 1 is 1.32 bits per heavy atom. The maximum absolute atomic E-state index is 4.74. The molecule has 1 fully saturated rings. The minimum Gasteiger partial charge on any atom is -0.316 e. The molecule has 5 heteroatoms. The lowest BCUT2D eigenvalue weighted by Gasteiger charge is -2.21. The third kappa shape index (κ3) is 2.82. The molecule has 0 radical (unpaired) electrons. The van der Waals surface area contributed by atoms with E-state index in [0.717, 1.165) is 35.3 Å². The van der Waals surface area contributed by atoms with Gasteiger partial charge in [-0.15, -0.1) is 11.3 Å². The number of aromatic nitrogens is 3. The molecular weight excluding hydrogens is 256 g/mol. The van der Waals surface area contributed by atoms with Gasteiger partial charge in [0.25, 0.3) is 0 Å². The Labute approximate surface area is 117 Å². The predicted molar refractivity (Wildman–Crippen MR) is 77.5 cm³/mol. The van der Waals surface area contributed by atoms with E-state index in [2.05, 4.69) is 22.2 Å². The highest BCUT2D eigenvalue weighted by atomic mass is 32.1. The van der Waals surface area contributed by atoms with Gasteiger partial charge in [0.05, 0.1) is 0 Å². The number of aryl methyl sites for hydroxylation is 2. The standard InChI is InChI=1S/C14H18N4S/c1-9-6-12(14-16-7-10(2)19-14)18-13(17-9)11-4-3-5-15-8-11/h6-7,11,15H,3-5,8H2,1-2H3/t11-/m1/s1. The summed E-state index contributed by atoms with van der Waals surface area (Å²) in [7, 11) is 0. The van der Waals surface area contributed by atoms with Gasteiger partial charge in [0, 0.05) is 29.2 Å². The molecule has 0 amide bonds. The molecule has 1 aliphatic heterocycles. The molecule has 1 aliphatic rings. The number of hydrogen-bond acceptors (Lipinski definition) is 5. The summed E-state index contributed by atoms with van der Waals surface area (Å²) < 4.78 is 0. The number of piperidine rings is 1. The second kappa shape index (κ2) is 5.35. The average molecular weight is 274 g/mol. The smallest absolute Gasteiger partial charge is 0.142 e. The minimum atomic E-state index is 0.438. The number of nitrogens with zero attached hydrogens (tertiary/aromatic N) is 3. The first kappa shape index (κ1) is 12.7. The molecule has 2 aromatic heterocycles. The Bertz CT molecular complexity index is 573. The van der Waals surface area contributed by atoms with Gasteiger partial charge in [-0.25, -0.2) is 15.0 Å². The molecule has 0 unspecified atom stereocenters. The second-order valence-corrected chi connectivity index (χ2v) is 6.31. The van der Waals surface area contributed by atoms with E-state index < -0.39 is 0 Å². The molecule has 0 aliphatic carbocycles. The minimum absolute atomic E-state index is 0.438. The normalized spacial score (nSPS) is 19.6. The Balaban J connectivity index is 1.95. The van der Waals surface area contributed by atoms with Crippen molar-refractivity contribution in [2.45, 2.75) is 32.6 Å². The van der Waals surface area contributed by atoms with E-state index in [1.54, 1.807) is 11.3 Å². The molecule has 3 heterocycles. The Hall–Kier alpha value is -1.33. The summed E-state index contributed by atoms with van der Waals surface area (Å²) in [4.78, 5) is 15.0. The van der Waals surface area contributed by atoms with Crippen LogP contribution in [0.3, 0.4) is 0 Å². The summed E-state index contributed by atoms with van der Waals surface area (Å²) in [6.45, 7) is 6.20. The topological polar surface area (TPSA) is 50.7 Å². The lowest BCUT2D eigenvalue weighted by molar-refractivity contribution is 0.446. The maximum atomic E-state index is 4.74. The second-order valence-electron chi connectivity index (χ2n) is 5.07. The van der Waals surface area contributed by atoms with Gasteiger partial charge in [0.1, 0.15) is 16.5 Å². The highest BCUT2D eigenvalue weighted by Crippen LogP contribution is 2.26. The average Bonchev–Trinajstić information content (AvgIpc) is 2.86. The van der Waals surface area contributed by atoms with Crippen LogP contribution < -0.4 is 5.32 Å². The highest BCUT2D eigenvalue weighted by Gasteiger charge is 2.19. The zero-order valence-electron chi connectivity index (χ0n) is 11.3. The zero-order valence-corrected chi connectivity index (χ0v) is 12.1. The fourth-order valence-electron chi connectivity index (χ4n) is 2.43. The van der Waals surface area contributed by atoms with Crippen molar-refractivity contribution in [1.82, 2.24) is 20.3 Å². The molecule has 0 aromatic carbocycles. The molecule has 0 spiro atoms. The van der Waals surface area contributed by atoms with Gasteiger partial charge in [-0.3, -0.25) is 0 Å². The first-order chi connectivity index (χ1) is 9.22. The molecule has 100 valence electrons. The molecule has 1 atom stereocenters. The maximum Gasteiger partial charge on any atom is 0.142 e. The van der Waals surface area contributed by atoms with Crippen LogP contribution in [0.5, 0.6) is 0 Å². The summed E-state index contributed by atoms with van der Waals surface area (Å²) in [6.07, 6.45) is 4.28. The number of nitrogens with one attached hydrogen (secondary N) is 1. The van der Waals surface area contributed by atoms with E-state index in [9.17, 15) is 0 Å². The largest absolute Gasteiger partial charge is 0.316 e. The molecule has 2 aromatic rings. The van der Waals surface area contributed by atoms with Crippen LogP contribution in [0.25, 0.3) is 10.7 Å². The van der Waals surface area contributed by atoms with Crippen molar-refractivity contribution in [3.05, 3.63) is 28.7 Å². The van der Waals surface area contributed by atoms with Gasteiger partial charge in [-0.2, -0.15) is 0 Å². The van der Waals surface area contributed by atoms with Gasteiger partial charge in [-0.1, -0.05) is 0 Å². The van der Waals surface area contributed by atoms with Crippen LogP contribution in [-0.2, 0) is 0 Å². The van der Waals surface area contributed by atoms with Crippen molar-refractivity contribution < 1.29 is 0 Å². The molecule has 1 saturated heterocycles. The van der Waals surface area contributed by atoms with E-state index in [4.69, 9.17) is 4.98 Å². The Morgan fingerprint density at radius 3 is 2.89 bits per heavy atom. The van der Waals surface area contributed by atoms with E-state index >= 15 is 0 Å². The molecule has 19 heavy (non-hydrogen) atoms. The number of thiazole rings is 1. The van der Waals surface area contributed by atoms with Crippen molar-refractivity contribution >= 4 is 11.3 Å². The van der Waals surface area contributed by atoms with Gasteiger partial charge in [0.2, 0.25) is 0 Å². The SMILES string of the molecule is Cc1cc(-c2ncc(C)s2)nc([C@@H]2CCCNC2)n1. The highest BCUT2D eigenvalue weighted by molar-refractivity contribution is 7.14. The Morgan fingerprint density at radius 2 is 2.21 bits per heavy atom. The van der Waals surface area contributed by atoms with Crippen molar-refractivity contribution in [1.29, 1.82) is 0 Å². The van der Waals surface area contributed by atoms with Crippen LogP contribution in [0, 0.1) is 13.8 Å². The fraction of sp³-hybridized carbons (Fsp3) is 0.500. The first-order valence-corrected chi connectivity index (χ1v) is 7.53. The summed E-state index contributed by atoms with van der Waals surface area (Å²) >= 11 is 1.69. The van der Waals surface area contributed by atoms with Crippen LogP contribution in [-0.4, -0.2) is 28.0 Å². The molecule has 4 nitrogen and oxygen atoms in total. The van der Waals surface area contributed by atoms with Crippen molar-refractivity contribution in [2.24, 2.45) is 0 Å².